The summed E-state index contributed by atoms with van der Waals surface area (Å²) in [6.45, 7) is 0.668. The van der Waals surface area contributed by atoms with Gasteiger partial charge in [-0.25, -0.2) is 9.37 Å². The van der Waals surface area contributed by atoms with Crippen molar-refractivity contribution in [2.24, 2.45) is 0 Å². The van der Waals surface area contributed by atoms with E-state index in [0.29, 0.717) is 18.7 Å². The number of halogens is 1. The number of benzene rings is 1. The lowest BCUT2D eigenvalue weighted by atomic mass is 9.90. The molecule has 3 heterocycles. The predicted molar refractivity (Wildman–Crippen MR) is 86.8 cm³/mol. The van der Waals surface area contributed by atoms with Crippen LogP contribution in [0.4, 0.5) is 9.52 Å². The van der Waals surface area contributed by atoms with E-state index in [2.05, 4.69) is 22.1 Å². The van der Waals surface area contributed by atoms with Gasteiger partial charge < -0.3 is 4.90 Å². The van der Waals surface area contributed by atoms with Gasteiger partial charge in [0.1, 0.15) is 0 Å². The van der Waals surface area contributed by atoms with Gasteiger partial charge in [0.25, 0.3) is 0 Å². The summed E-state index contributed by atoms with van der Waals surface area (Å²) in [5, 5.41) is 0.871. The molecule has 22 heavy (non-hydrogen) atoms. The predicted octanol–water partition coefficient (Wildman–Crippen LogP) is 3.89. The Labute approximate surface area is 132 Å². The Morgan fingerprint density at radius 1 is 1.05 bits per heavy atom. The molecule has 1 fully saturated rings. The molecule has 0 atom stereocenters. The molecule has 2 aromatic heterocycles. The van der Waals surface area contributed by atoms with Crippen LogP contribution in [0.15, 0.2) is 61.1 Å². The molecule has 0 amide bonds. The molecule has 0 spiro atoms. The minimum atomic E-state index is -1.31. The van der Waals surface area contributed by atoms with Crippen molar-refractivity contribution < 1.29 is 4.39 Å². The quantitative estimate of drug-likeness (QED) is 0.735. The topological polar surface area (TPSA) is 29.0 Å². The molecule has 5 heteroatoms. The highest BCUT2D eigenvalue weighted by molar-refractivity contribution is 7.18. The lowest BCUT2D eigenvalue weighted by Gasteiger charge is -2.44. The van der Waals surface area contributed by atoms with Crippen LogP contribution in [-0.2, 0) is 5.67 Å². The normalized spacial score (nSPS) is 16.3. The van der Waals surface area contributed by atoms with Crippen LogP contribution < -0.4 is 4.90 Å². The first kappa shape index (κ1) is 13.4. The van der Waals surface area contributed by atoms with Crippen LogP contribution in [0.25, 0.3) is 10.4 Å². The van der Waals surface area contributed by atoms with Crippen molar-refractivity contribution >= 4 is 16.5 Å². The van der Waals surface area contributed by atoms with Gasteiger partial charge in [-0.15, -0.1) is 0 Å². The fourth-order valence-corrected chi connectivity index (χ4v) is 3.57. The van der Waals surface area contributed by atoms with E-state index in [0.717, 1.165) is 15.6 Å². The molecule has 3 nitrogen and oxygen atoms in total. The summed E-state index contributed by atoms with van der Waals surface area (Å²) in [7, 11) is 0. The Hall–Kier alpha value is -2.27. The summed E-state index contributed by atoms with van der Waals surface area (Å²) < 4.78 is 14.8. The summed E-state index contributed by atoms with van der Waals surface area (Å²) in [5.41, 5.74) is 0.476. The maximum atomic E-state index is 14.8. The number of alkyl halides is 1. The number of thiazole rings is 1. The van der Waals surface area contributed by atoms with E-state index in [-0.39, 0.29) is 0 Å². The van der Waals surface area contributed by atoms with Crippen molar-refractivity contribution in [2.75, 3.05) is 18.0 Å². The number of pyridine rings is 1. The smallest absolute Gasteiger partial charge is 0.186 e. The minimum Gasteiger partial charge on any atom is -0.341 e. The Morgan fingerprint density at radius 2 is 1.86 bits per heavy atom. The second kappa shape index (κ2) is 5.18. The molecule has 0 radical (unpaired) electrons. The molecule has 0 aliphatic carbocycles. The molecule has 110 valence electrons. The molecule has 1 saturated heterocycles. The van der Waals surface area contributed by atoms with Gasteiger partial charge in [0.05, 0.1) is 18.0 Å². The summed E-state index contributed by atoms with van der Waals surface area (Å²) in [6, 6.07) is 13.7. The number of rotatable bonds is 3. The largest absolute Gasteiger partial charge is 0.341 e. The van der Waals surface area contributed by atoms with Gasteiger partial charge in [-0.1, -0.05) is 47.7 Å². The molecule has 0 N–H and O–H groups in total. The summed E-state index contributed by atoms with van der Waals surface area (Å²) >= 11 is 1.60. The molecule has 0 bridgehead atoms. The second-order valence-corrected chi connectivity index (χ2v) is 6.45. The van der Waals surface area contributed by atoms with Gasteiger partial charge in [0, 0.05) is 24.2 Å². The molecule has 4 rings (SSSR count). The van der Waals surface area contributed by atoms with Gasteiger partial charge in [0.2, 0.25) is 0 Å². The van der Waals surface area contributed by atoms with Crippen molar-refractivity contribution in [1.82, 2.24) is 9.97 Å². The van der Waals surface area contributed by atoms with Crippen LogP contribution in [-0.4, -0.2) is 23.1 Å². The van der Waals surface area contributed by atoms with Crippen LogP contribution in [0, 0.1) is 0 Å². The molecule has 1 aliphatic heterocycles. The SMILES string of the molecule is FC1(c2cccnc2)CN(c2ncc(-c3ccccc3)s2)C1. The van der Waals surface area contributed by atoms with Crippen LogP contribution in [0.5, 0.6) is 0 Å². The first-order valence-corrected chi connectivity index (χ1v) is 7.92. The Kier molecular flexibility index (Phi) is 3.15. The van der Waals surface area contributed by atoms with Crippen molar-refractivity contribution in [3.63, 3.8) is 0 Å². The number of anilines is 1. The number of aromatic nitrogens is 2. The lowest BCUT2D eigenvalue weighted by Crippen LogP contribution is -2.57. The molecule has 1 aliphatic rings. The van der Waals surface area contributed by atoms with E-state index < -0.39 is 5.67 Å². The highest BCUT2D eigenvalue weighted by atomic mass is 32.1. The maximum Gasteiger partial charge on any atom is 0.186 e. The number of hydrogen-bond acceptors (Lipinski definition) is 4. The summed E-state index contributed by atoms with van der Waals surface area (Å²) in [4.78, 5) is 11.5. The Bertz CT molecular complexity index is 767. The fraction of sp³-hybridized carbons (Fsp3) is 0.176. The lowest BCUT2D eigenvalue weighted by molar-refractivity contribution is 0.119. The first-order valence-electron chi connectivity index (χ1n) is 7.10. The van der Waals surface area contributed by atoms with E-state index in [4.69, 9.17) is 0 Å². The molecule has 0 unspecified atom stereocenters. The van der Waals surface area contributed by atoms with Gasteiger partial charge in [-0.2, -0.15) is 0 Å². The van der Waals surface area contributed by atoms with Crippen LogP contribution in [0.2, 0.25) is 0 Å². The van der Waals surface area contributed by atoms with E-state index >= 15 is 0 Å². The Morgan fingerprint density at radius 3 is 2.59 bits per heavy atom. The monoisotopic (exact) mass is 311 g/mol. The first-order chi connectivity index (χ1) is 10.7. The highest BCUT2D eigenvalue weighted by Crippen LogP contribution is 2.41. The highest BCUT2D eigenvalue weighted by Gasteiger charge is 2.46. The van der Waals surface area contributed by atoms with E-state index in [1.807, 2.05) is 29.3 Å². The van der Waals surface area contributed by atoms with Crippen LogP contribution in [0.1, 0.15) is 5.56 Å². The standard InChI is InChI=1S/C17H14FN3S/c18-17(14-7-4-8-19-9-14)11-21(12-17)16-20-10-15(22-16)13-5-2-1-3-6-13/h1-10H,11-12H2. The average Bonchev–Trinajstić information content (AvgIpc) is 3.03. The van der Waals surface area contributed by atoms with E-state index in [1.165, 1.54) is 0 Å². The second-order valence-electron chi connectivity index (χ2n) is 5.44. The van der Waals surface area contributed by atoms with Crippen LogP contribution >= 0.6 is 11.3 Å². The maximum absolute atomic E-state index is 14.8. The van der Waals surface area contributed by atoms with Crippen molar-refractivity contribution in [1.29, 1.82) is 0 Å². The molecule has 3 aromatic rings. The zero-order valence-corrected chi connectivity index (χ0v) is 12.6. The minimum absolute atomic E-state index is 0.334. The molecule has 0 saturated carbocycles. The van der Waals surface area contributed by atoms with Gasteiger partial charge in [-0.3, -0.25) is 4.98 Å². The van der Waals surface area contributed by atoms with E-state index in [1.54, 1.807) is 35.9 Å². The summed E-state index contributed by atoms with van der Waals surface area (Å²) in [6.07, 6.45) is 5.13. The third-order valence-electron chi connectivity index (χ3n) is 3.88. The van der Waals surface area contributed by atoms with Gasteiger partial charge in [0.15, 0.2) is 10.8 Å². The number of nitrogens with zero attached hydrogens (tertiary/aromatic N) is 3. The summed E-state index contributed by atoms with van der Waals surface area (Å²) in [5.74, 6) is 0. The number of hydrogen-bond donors (Lipinski definition) is 0. The van der Waals surface area contributed by atoms with Crippen molar-refractivity contribution in [3.05, 3.63) is 66.6 Å². The van der Waals surface area contributed by atoms with E-state index in [9.17, 15) is 4.39 Å². The Balaban J connectivity index is 1.51. The average molecular weight is 311 g/mol. The zero-order valence-electron chi connectivity index (χ0n) is 11.8. The fourth-order valence-electron chi connectivity index (χ4n) is 2.65. The molecular formula is C17H14FN3S. The zero-order chi connectivity index (χ0) is 15.0. The van der Waals surface area contributed by atoms with Crippen LogP contribution in [0.3, 0.4) is 0 Å². The molecular weight excluding hydrogens is 297 g/mol. The third kappa shape index (κ3) is 2.27. The van der Waals surface area contributed by atoms with Crippen molar-refractivity contribution in [2.45, 2.75) is 5.67 Å². The molecule has 1 aromatic carbocycles. The van der Waals surface area contributed by atoms with Gasteiger partial charge >= 0.3 is 0 Å². The van der Waals surface area contributed by atoms with Crippen molar-refractivity contribution in [3.8, 4) is 10.4 Å². The van der Waals surface area contributed by atoms with Gasteiger partial charge in [-0.05, 0) is 11.6 Å². The third-order valence-corrected chi connectivity index (χ3v) is 4.99.